The fourth-order valence-corrected chi connectivity index (χ4v) is 2.94. The van der Waals surface area contributed by atoms with E-state index in [2.05, 4.69) is 10.6 Å². The number of carbonyl (C=O) groups is 1. The normalized spacial score (nSPS) is 20.7. The first kappa shape index (κ1) is 11.7. The zero-order valence-electron chi connectivity index (χ0n) is 9.94. The van der Waals surface area contributed by atoms with Gasteiger partial charge in [-0.15, -0.1) is 0 Å². The Bertz CT molecular complexity index is 498. The molecular weight excluding hydrogens is 231 g/mol. The molecule has 0 aliphatic carbocycles. The van der Waals surface area contributed by atoms with Crippen molar-refractivity contribution in [2.75, 3.05) is 18.4 Å². The zero-order chi connectivity index (χ0) is 12.8. The highest BCUT2D eigenvalue weighted by Crippen LogP contribution is 2.43. The predicted octanol–water partition coefficient (Wildman–Crippen LogP) is -1.06. The van der Waals surface area contributed by atoms with Crippen LogP contribution in [0.2, 0.25) is 0 Å². The molecule has 4 N–H and O–H groups in total. The van der Waals surface area contributed by atoms with E-state index in [4.69, 9.17) is 0 Å². The Balaban J connectivity index is 2.09. The number of anilines is 1. The third-order valence-corrected chi connectivity index (χ3v) is 4.00. The predicted molar refractivity (Wildman–Crippen MR) is 68.7 cm³/mol. The number of benzene rings is 1. The Kier molecular flexibility index (Phi) is 2.66. The van der Waals surface area contributed by atoms with Crippen LogP contribution in [0.5, 0.6) is 0 Å². The minimum absolute atomic E-state index is 0.0311. The fraction of sp³-hybridized carbons (Fsp3) is 0.417. The van der Waals surface area contributed by atoms with E-state index >= 15 is 0 Å². The van der Waals surface area contributed by atoms with Crippen molar-refractivity contribution in [2.24, 2.45) is 0 Å². The molecule has 18 heavy (non-hydrogen) atoms. The number of fused-ring (bicyclic) bond motifs is 2. The van der Waals surface area contributed by atoms with E-state index in [9.17, 15) is 14.8 Å². The zero-order valence-corrected chi connectivity index (χ0v) is 9.94. The SMILES string of the molecule is O=C1Nc2ccc(B(O)O)cc2C12CCNCC2. The minimum atomic E-state index is -1.50. The van der Waals surface area contributed by atoms with Crippen molar-refractivity contribution in [1.29, 1.82) is 0 Å². The van der Waals surface area contributed by atoms with Gasteiger partial charge in [0.2, 0.25) is 5.91 Å². The number of rotatable bonds is 1. The molecule has 2 aliphatic rings. The summed E-state index contributed by atoms with van der Waals surface area (Å²) in [6.07, 6.45) is 1.49. The van der Waals surface area contributed by atoms with Gasteiger partial charge in [-0.05, 0) is 43.0 Å². The summed E-state index contributed by atoms with van der Waals surface area (Å²) in [7, 11) is -1.50. The van der Waals surface area contributed by atoms with Crippen molar-refractivity contribution in [3.8, 4) is 0 Å². The summed E-state index contributed by atoms with van der Waals surface area (Å²) in [5.74, 6) is 0.0311. The van der Waals surface area contributed by atoms with Crippen LogP contribution in [-0.4, -0.2) is 36.2 Å². The Morgan fingerprint density at radius 1 is 1.22 bits per heavy atom. The van der Waals surface area contributed by atoms with Crippen LogP contribution in [0.25, 0.3) is 0 Å². The molecule has 2 heterocycles. The third-order valence-electron chi connectivity index (χ3n) is 4.00. The summed E-state index contributed by atoms with van der Waals surface area (Å²) in [6, 6.07) is 5.12. The summed E-state index contributed by atoms with van der Waals surface area (Å²) < 4.78 is 0. The highest BCUT2D eigenvalue weighted by atomic mass is 16.4. The third kappa shape index (κ3) is 1.57. The molecule has 0 saturated carbocycles. The number of carbonyl (C=O) groups excluding carboxylic acids is 1. The lowest BCUT2D eigenvalue weighted by Crippen LogP contribution is -2.45. The van der Waals surface area contributed by atoms with Crippen LogP contribution >= 0.6 is 0 Å². The molecule has 1 spiro atoms. The molecule has 0 bridgehead atoms. The summed E-state index contributed by atoms with van der Waals surface area (Å²) >= 11 is 0. The van der Waals surface area contributed by atoms with Crippen LogP contribution in [-0.2, 0) is 10.2 Å². The lowest BCUT2D eigenvalue weighted by atomic mass is 9.71. The Morgan fingerprint density at radius 3 is 2.61 bits per heavy atom. The van der Waals surface area contributed by atoms with Crippen LogP contribution in [0.4, 0.5) is 5.69 Å². The molecular formula is C12H15BN2O3. The van der Waals surface area contributed by atoms with E-state index in [1.54, 1.807) is 18.2 Å². The first-order valence-electron chi connectivity index (χ1n) is 6.16. The van der Waals surface area contributed by atoms with Crippen molar-refractivity contribution >= 4 is 24.2 Å². The molecule has 1 amide bonds. The van der Waals surface area contributed by atoms with Crippen LogP contribution in [0.3, 0.4) is 0 Å². The summed E-state index contributed by atoms with van der Waals surface area (Å²) in [5, 5.41) is 24.6. The largest absolute Gasteiger partial charge is 0.488 e. The minimum Gasteiger partial charge on any atom is -0.423 e. The first-order chi connectivity index (χ1) is 8.63. The van der Waals surface area contributed by atoms with E-state index in [0.29, 0.717) is 5.46 Å². The van der Waals surface area contributed by atoms with Gasteiger partial charge in [0.1, 0.15) is 0 Å². The van der Waals surface area contributed by atoms with Gasteiger partial charge in [-0.25, -0.2) is 0 Å². The first-order valence-corrected chi connectivity index (χ1v) is 6.16. The van der Waals surface area contributed by atoms with Gasteiger partial charge in [-0.2, -0.15) is 0 Å². The number of amides is 1. The van der Waals surface area contributed by atoms with Crippen LogP contribution in [0.1, 0.15) is 18.4 Å². The van der Waals surface area contributed by atoms with Crippen molar-refractivity contribution in [3.05, 3.63) is 23.8 Å². The molecule has 6 heteroatoms. The maximum atomic E-state index is 12.2. The topological polar surface area (TPSA) is 81.6 Å². The monoisotopic (exact) mass is 246 g/mol. The second-order valence-electron chi connectivity index (χ2n) is 4.96. The molecule has 0 unspecified atom stereocenters. The molecule has 2 aliphatic heterocycles. The highest BCUT2D eigenvalue weighted by molar-refractivity contribution is 6.58. The summed E-state index contributed by atoms with van der Waals surface area (Å²) in [5.41, 5.74) is 1.64. The van der Waals surface area contributed by atoms with E-state index in [0.717, 1.165) is 37.2 Å². The number of nitrogens with one attached hydrogen (secondary N) is 2. The standard InChI is InChI=1S/C12H15BN2O3/c16-11-12(3-5-14-6-4-12)9-7-8(13(17)18)1-2-10(9)15-11/h1-2,7,14,17-18H,3-6H2,(H,15,16). The van der Waals surface area contributed by atoms with Gasteiger partial charge >= 0.3 is 7.12 Å². The smallest absolute Gasteiger partial charge is 0.423 e. The number of piperidine rings is 1. The maximum absolute atomic E-state index is 12.2. The van der Waals surface area contributed by atoms with Crippen molar-refractivity contribution < 1.29 is 14.8 Å². The maximum Gasteiger partial charge on any atom is 0.488 e. The van der Waals surface area contributed by atoms with Gasteiger partial charge in [0.15, 0.2) is 0 Å². The Hall–Kier alpha value is -1.37. The molecule has 3 rings (SSSR count). The van der Waals surface area contributed by atoms with E-state index in [1.165, 1.54) is 0 Å². The summed E-state index contributed by atoms with van der Waals surface area (Å²) in [6.45, 7) is 1.61. The number of hydrogen-bond acceptors (Lipinski definition) is 4. The van der Waals surface area contributed by atoms with Gasteiger partial charge < -0.3 is 20.7 Å². The fourth-order valence-electron chi connectivity index (χ4n) is 2.94. The van der Waals surface area contributed by atoms with Crippen LogP contribution in [0.15, 0.2) is 18.2 Å². The lowest BCUT2D eigenvalue weighted by Gasteiger charge is -2.32. The quantitative estimate of drug-likeness (QED) is 0.476. The van der Waals surface area contributed by atoms with Gasteiger partial charge in [-0.3, -0.25) is 4.79 Å². The van der Waals surface area contributed by atoms with Crippen LogP contribution < -0.4 is 16.1 Å². The molecule has 94 valence electrons. The molecule has 1 aromatic carbocycles. The highest BCUT2D eigenvalue weighted by Gasteiger charge is 2.47. The van der Waals surface area contributed by atoms with E-state index < -0.39 is 12.5 Å². The van der Waals surface area contributed by atoms with E-state index in [1.807, 2.05) is 0 Å². The van der Waals surface area contributed by atoms with Crippen molar-refractivity contribution in [3.63, 3.8) is 0 Å². The summed E-state index contributed by atoms with van der Waals surface area (Å²) in [4.78, 5) is 12.2. The van der Waals surface area contributed by atoms with Crippen LogP contribution in [0, 0.1) is 0 Å². The second-order valence-corrected chi connectivity index (χ2v) is 4.96. The Labute approximate surface area is 105 Å². The Morgan fingerprint density at radius 2 is 1.94 bits per heavy atom. The van der Waals surface area contributed by atoms with E-state index in [-0.39, 0.29) is 5.91 Å². The van der Waals surface area contributed by atoms with Gasteiger partial charge in [0.05, 0.1) is 5.41 Å². The number of hydrogen-bond donors (Lipinski definition) is 4. The van der Waals surface area contributed by atoms with Gasteiger partial charge in [0.25, 0.3) is 0 Å². The van der Waals surface area contributed by atoms with Crippen molar-refractivity contribution in [2.45, 2.75) is 18.3 Å². The molecule has 5 nitrogen and oxygen atoms in total. The molecule has 0 atom stereocenters. The molecule has 0 aromatic heterocycles. The second kappa shape index (κ2) is 4.08. The lowest BCUT2D eigenvalue weighted by molar-refractivity contribution is -0.121. The van der Waals surface area contributed by atoms with Gasteiger partial charge in [0, 0.05) is 5.69 Å². The molecule has 1 fully saturated rings. The van der Waals surface area contributed by atoms with Crippen molar-refractivity contribution in [1.82, 2.24) is 5.32 Å². The van der Waals surface area contributed by atoms with Gasteiger partial charge in [-0.1, -0.05) is 12.1 Å². The molecule has 1 aromatic rings. The average molecular weight is 246 g/mol. The molecule has 0 radical (unpaired) electrons. The average Bonchev–Trinajstić information content (AvgIpc) is 2.63. The molecule has 1 saturated heterocycles.